The highest BCUT2D eigenvalue weighted by Crippen LogP contribution is 2.30. The average molecular weight is 420 g/mol. The van der Waals surface area contributed by atoms with E-state index in [1.165, 1.54) is 10.2 Å². The van der Waals surface area contributed by atoms with Gasteiger partial charge in [-0.25, -0.2) is 13.5 Å². The lowest BCUT2D eigenvalue weighted by Crippen LogP contribution is -2.34. The zero-order valence-corrected chi connectivity index (χ0v) is 16.9. The third-order valence-corrected chi connectivity index (χ3v) is 6.04. The molecular weight excluding hydrogens is 398 g/mol. The normalized spacial score (nSPS) is 15.0. The number of aromatic nitrogens is 3. The summed E-state index contributed by atoms with van der Waals surface area (Å²) in [4.78, 5) is 2.35. The molecule has 4 aromatic rings. The maximum absolute atomic E-state index is 14.4. The van der Waals surface area contributed by atoms with E-state index in [2.05, 4.69) is 39.5 Å². The minimum Gasteiger partial charge on any atom is -0.503 e. The second kappa shape index (κ2) is 7.98. The van der Waals surface area contributed by atoms with Gasteiger partial charge in [0.15, 0.2) is 17.4 Å². The summed E-state index contributed by atoms with van der Waals surface area (Å²) in [5, 5.41) is 17.4. The number of aromatic hydroxyl groups is 1. The lowest BCUT2D eigenvalue weighted by Gasteiger charge is -2.33. The lowest BCUT2D eigenvalue weighted by molar-refractivity contribution is 0.399. The molecular formula is C24H22F2N4O. The van der Waals surface area contributed by atoms with E-state index in [1.807, 2.05) is 30.3 Å². The Balaban J connectivity index is 1.30. The molecule has 5 nitrogen and oxygen atoms in total. The summed E-state index contributed by atoms with van der Waals surface area (Å²) in [5.41, 5.74) is 3.09. The van der Waals surface area contributed by atoms with Crippen molar-refractivity contribution in [1.29, 1.82) is 0 Å². The lowest BCUT2D eigenvalue weighted by atomic mass is 9.90. The zero-order chi connectivity index (χ0) is 21.4. The molecule has 7 heteroatoms. The molecule has 0 bridgehead atoms. The molecule has 158 valence electrons. The summed E-state index contributed by atoms with van der Waals surface area (Å²) in [6.07, 6.45) is 3.40. The molecule has 0 amide bonds. The zero-order valence-electron chi connectivity index (χ0n) is 16.9. The number of anilines is 1. The predicted molar refractivity (Wildman–Crippen MR) is 116 cm³/mol. The molecule has 0 saturated carbocycles. The van der Waals surface area contributed by atoms with Crippen LogP contribution in [0.1, 0.15) is 18.4 Å². The molecule has 0 radical (unpaired) electrons. The molecule has 0 aliphatic carbocycles. The standard InChI is InChI=1S/C24H22F2N4O/c25-20-15-21-23(22(26)24(20)31)30(28-27-21)19-8-6-18(7-9-19)29-12-10-17(11-13-29)14-16-4-2-1-3-5-16/h1-9,15,17,31H,10-14H2. The molecule has 0 unspecified atom stereocenters. The summed E-state index contributed by atoms with van der Waals surface area (Å²) in [6.45, 7) is 1.98. The fourth-order valence-electron chi connectivity index (χ4n) is 4.33. The van der Waals surface area contributed by atoms with Crippen molar-refractivity contribution in [3.8, 4) is 11.4 Å². The Morgan fingerprint density at radius 3 is 2.32 bits per heavy atom. The van der Waals surface area contributed by atoms with Crippen LogP contribution >= 0.6 is 0 Å². The quantitative estimate of drug-likeness (QED) is 0.512. The molecule has 1 aliphatic heterocycles. The number of fused-ring (bicyclic) bond motifs is 1. The van der Waals surface area contributed by atoms with Crippen molar-refractivity contribution < 1.29 is 13.9 Å². The molecule has 1 fully saturated rings. The molecule has 2 heterocycles. The Morgan fingerprint density at radius 1 is 0.935 bits per heavy atom. The van der Waals surface area contributed by atoms with Gasteiger partial charge >= 0.3 is 0 Å². The Bertz CT molecular complexity index is 1200. The Hall–Kier alpha value is -3.48. The van der Waals surface area contributed by atoms with Crippen molar-refractivity contribution in [2.45, 2.75) is 19.3 Å². The average Bonchev–Trinajstić information content (AvgIpc) is 3.23. The van der Waals surface area contributed by atoms with Crippen molar-refractivity contribution in [2.24, 2.45) is 5.92 Å². The van der Waals surface area contributed by atoms with Crippen LogP contribution in [0.15, 0.2) is 60.7 Å². The number of rotatable bonds is 4. The smallest absolute Gasteiger partial charge is 0.195 e. The minimum atomic E-state index is -1.07. The highest BCUT2D eigenvalue weighted by Gasteiger charge is 2.21. The number of hydrogen-bond donors (Lipinski definition) is 1. The first-order valence-electron chi connectivity index (χ1n) is 10.4. The Labute approximate surface area is 178 Å². The van der Waals surface area contributed by atoms with Gasteiger partial charge in [0.1, 0.15) is 11.0 Å². The Kier molecular flexibility index (Phi) is 5.02. The second-order valence-electron chi connectivity index (χ2n) is 8.03. The summed E-state index contributed by atoms with van der Waals surface area (Å²) < 4.78 is 29.2. The molecule has 1 saturated heterocycles. The molecule has 1 aromatic heterocycles. The van der Waals surface area contributed by atoms with Gasteiger partial charge in [0.05, 0.1) is 5.69 Å². The van der Waals surface area contributed by atoms with Gasteiger partial charge in [-0.05, 0) is 55.0 Å². The van der Waals surface area contributed by atoms with E-state index in [0.717, 1.165) is 44.1 Å². The van der Waals surface area contributed by atoms with Crippen molar-refractivity contribution in [1.82, 2.24) is 15.0 Å². The first kappa shape index (κ1) is 19.5. The van der Waals surface area contributed by atoms with Gasteiger partial charge in [-0.2, -0.15) is 0 Å². The van der Waals surface area contributed by atoms with E-state index in [9.17, 15) is 13.9 Å². The monoisotopic (exact) mass is 420 g/mol. The summed E-state index contributed by atoms with van der Waals surface area (Å²) in [6, 6.07) is 19.2. The number of phenolic OH excluding ortho intramolecular Hbond substituents is 1. The highest BCUT2D eigenvalue weighted by molar-refractivity contribution is 5.79. The van der Waals surface area contributed by atoms with Crippen LogP contribution in [0.4, 0.5) is 14.5 Å². The third kappa shape index (κ3) is 3.71. The number of nitrogens with zero attached hydrogens (tertiary/aromatic N) is 4. The molecule has 0 spiro atoms. The van der Waals surface area contributed by atoms with E-state index in [-0.39, 0.29) is 11.0 Å². The number of piperidine rings is 1. The van der Waals surface area contributed by atoms with Crippen LogP contribution in [0.5, 0.6) is 5.75 Å². The number of halogens is 2. The summed E-state index contributed by atoms with van der Waals surface area (Å²) >= 11 is 0. The van der Waals surface area contributed by atoms with E-state index < -0.39 is 17.4 Å². The molecule has 1 N–H and O–H groups in total. The molecule has 0 atom stereocenters. The molecule has 5 rings (SSSR count). The van der Waals surface area contributed by atoms with E-state index in [0.29, 0.717) is 11.6 Å². The van der Waals surface area contributed by atoms with Gasteiger partial charge in [-0.15, -0.1) is 5.10 Å². The predicted octanol–water partition coefficient (Wildman–Crippen LogP) is 4.86. The summed E-state index contributed by atoms with van der Waals surface area (Å²) in [7, 11) is 0. The van der Waals surface area contributed by atoms with Gasteiger partial charge in [-0.1, -0.05) is 35.5 Å². The van der Waals surface area contributed by atoms with E-state index in [4.69, 9.17) is 0 Å². The van der Waals surface area contributed by atoms with Gasteiger partial charge < -0.3 is 10.0 Å². The fourth-order valence-corrected chi connectivity index (χ4v) is 4.33. The topological polar surface area (TPSA) is 54.2 Å². The van der Waals surface area contributed by atoms with Gasteiger partial charge in [0.2, 0.25) is 0 Å². The van der Waals surface area contributed by atoms with Gasteiger partial charge in [0.25, 0.3) is 0 Å². The van der Waals surface area contributed by atoms with E-state index >= 15 is 0 Å². The molecule has 31 heavy (non-hydrogen) atoms. The largest absolute Gasteiger partial charge is 0.503 e. The van der Waals surface area contributed by atoms with Gasteiger partial charge in [-0.3, -0.25) is 0 Å². The number of hydrogen-bond acceptors (Lipinski definition) is 4. The highest BCUT2D eigenvalue weighted by atomic mass is 19.1. The fraction of sp³-hybridized carbons (Fsp3) is 0.250. The number of benzene rings is 3. The van der Waals surface area contributed by atoms with Crippen LogP contribution in [0.25, 0.3) is 16.7 Å². The SMILES string of the molecule is Oc1c(F)cc2nnn(-c3ccc(N4CCC(Cc5ccccc5)CC4)cc3)c2c1F. The van der Waals surface area contributed by atoms with E-state index in [1.54, 1.807) is 0 Å². The van der Waals surface area contributed by atoms with Crippen LogP contribution in [0, 0.1) is 17.6 Å². The van der Waals surface area contributed by atoms with Crippen molar-refractivity contribution in [3.63, 3.8) is 0 Å². The maximum Gasteiger partial charge on any atom is 0.195 e. The van der Waals surface area contributed by atoms with Crippen LogP contribution in [0.3, 0.4) is 0 Å². The first-order valence-corrected chi connectivity index (χ1v) is 10.4. The molecule has 3 aromatic carbocycles. The van der Waals surface area contributed by atoms with Crippen molar-refractivity contribution in [3.05, 3.63) is 77.9 Å². The minimum absolute atomic E-state index is 0.0478. The van der Waals surface area contributed by atoms with Crippen LogP contribution < -0.4 is 4.90 Å². The number of phenols is 1. The summed E-state index contributed by atoms with van der Waals surface area (Å²) in [5.74, 6) is -2.45. The second-order valence-corrected chi connectivity index (χ2v) is 8.03. The van der Waals surface area contributed by atoms with Crippen molar-refractivity contribution >= 4 is 16.7 Å². The first-order chi connectivity index (χ1) is 15.1. The third-order valence-electron chi connectivity index (χ3n) is 6.04. The van der Waals surface area contributed by atoms with Crippen LogP contribution in [-0.4, -0.2) is 33.2 Å². The maximum atomic E-state index is 14.4. The van der Waals surface area contributed by atoms with Crippen LogP contribution in [-0.2, 0) is 6.42 Å². The Morgan fingerprint density at radius 2 is 1.61 bits per heavy atom. The van der Waals surface area contributed by atoms with Crippen molar-refractivity contribution in [2.75, 3.05) is 18.0 Å². The van der Waals surface area contributed by atoms with Gasteiger partial charge in [0, 0.05) is 24.8 Å². The molecule has 1 aliphatic rings. The van der Waals surface area contributed by atoms with Crippen LogP contribution in [0.2, 0.25) is 0 Å².